The Labute approximate surface area is 105 Å². The molecule has 0 saturated carbocycles. The number of halogens is 1. The summed E-state index contributed by atoms with van der Waals surface area (Å²) in [6.07, 6.45) is 5.11. The van der Waals surface area contributed by atoms with Crippen LogP contribution in [0.1, 0.15) is 0 Å². The van der Waals surface area contributed by atoms with Crippen LogP contribution in [0.4, 0.5) is 10.5 Å². The summed E-state index contributed by atoms with van der Waals surface area (Å²) >= 11 is 5.72. The van der Waals surface area contributed by atoms with Gasteiger partial charge in [-0.1, -0.05) is 17.5 Å². The van der Waals surface area contributed by atoms with E-state index in [1.807, 2.05) is 6.07 Å². The lowest BCUT2D eigenvalue weighted by molar-refractivity contribution is 0.223. The molecule has 0 spiro atoms. The normalized spacial score (nSPS) is 8.88. The van der Waals surface area contributed by atoms with Gasteiger partial charge in [-0.05, 0) is 24.3 Å². The summed E-state index contributed by atoms with van der Waals surface area (Å²) in [5, 5.41) is 11.8. The summed E-state index contributed by atoms with van der Waals surface area (Å²) in [5.74, 6) is 2.32. The third-order valence-electron chi connectivity index (χ3n) is 1.93. The molecule has 0 aliphatic rings. The lowest BCUT2D eigenvalue weighted by atomic mass is 10.3. The number of nitrogens with zero attached hydrogens (tertiary/aromatic N) is 2. The first-order chi connectivity index (χ1) is 8.17. The SMILES string of the molecule is C#CCN(CC#N)C(=O)Nc1ccc(Cl)cc1. The summed E-state index contributed by atoms with van der Waals surface area (Å²) in [4.78, 5) is 12.9. The van der Waals surface area contributed by atoms with Gasteiger partial charge in [0.2, 0.25) is 0 Å². The zero-order valence-electron chi connectivity index (χ0n) is 8.98. The second-order valence-electron chi connectivity index (χ2n) is 3.16. The molecule has 1 aromatic rings. The smallest absolute Gasteiger partial charge is 0.308 e. The fraction of sp³-hybridized carbons (Fsp3) is 0.167. The standard InChI is InChI=1S/C12H10ClN3O/c1-2-8-16(9-7-14)12(17)15-11-5-3-10(13)4-6-11/h1,3-6H,8-9H2,(H,15,17). The number of anilines is 1. The summed E-state index contributed by atoms with van der Waals surface area (Å²) in [5.41, 5.74) is 0.597. The molecule has 0 atom stereocenters. The molecule has 5 heteroatoms. The fourth-order valence-electron chi connectivity index (χ4n) is 1.13. The van der Waals surface area contributed by atoms with Crippen LogP contribution in [-0.4, -0.2) is 24.0 Å². The van der Waals surface area contributed by atoms with Crippen molar-refractivity contribution in [2.75, 3.05) is 18.4 Å². The zero-order chi connectivity index (χ0) is 12.7. The molecule has 1 rings (SSSR count). The Morgan fingerprint density at radius 1 is 1.41 bits per heavy atom. The first kappa shape index (κ1) is 12.9. The lowest BCUT2D eigenvalue weighted by Crippen LogP contribution is -2.35. The van der Waals surface area contributed by atoms with Crippen molar-refractivity contribution in [2.45, 2.75) is 0 Å². The predicted octanol–water partition coefficient (Wildman–Crippen LogP) is 2.33. The highest BCUT2D eigenvalue weighted by Crippen LogP contribution is 2.13. The van der Waals surface area contributed by atoms with E-state index in [0.29, 0.717) is 10.7 Å². The molecule has 0 radical (unpaired) electrons. The van der Waals surface area contributed by atoms with Crippen molar-refractivity contribution in [1.29, 1.82) is 5.26 Å². The number of nitriles is 1. The van der Waals surface area contributed by atoms with Gasteiger partial charge >= 0.3 is 6.03 Å². The average molecular weight is 248 g/mol. The van der Waals surface area contributed by atoms with Gasteiger partial charge in [0, 0.05) is 10.7 Å². The minimum atomic E-state index is -0.410. The van der Waals surface area contributed by atoms with Crippen molar-refractivity contribution >= 4 is 23.3 Å². The largest absolute Gasteiger partial charge is 0.323 e. The van der Waals surface area contributed by atoms with E-state index in [2.05, 4.69) is 11.2 Å². The second kappa shape index (κ2) is 6.42. The Hall–Kier alpha value is -2.17. The molecule has 0 heterocycles. The minimum Gasteiger partial charge on any atom is -0.308 e. The number of rotatable bonds is 3. The highest BCUT2D eigenvalue weighted by Gasteiger charge is 2.11. The number of carbonyl (C=O) groups is 1. The highest BCUT2D eigenvalue weighted by atomic mass is 35.5. The molecule has 86 valence electrons. The van der Waals surface area contributed by atoms with Crippen LogP contribution in [0.2, 0.25) is 5.02 Å². The van der Waals surface area contributed by atoms with Crippen LogP contribution in [0, 0.1) is 23.7 Å². The van der Waals surface area contributed by atoms with Crippen molar-refractivity contribution in [2.24, 2.45) is 0 Å². The van der Waals surface area contributed by atoms with Crippen molar-refractivity contribution in [1.82, 2.24) is 4.90 Å². The number of benzene rings is 1. The van der Waals surface area contributed by atoms with Gasteiger partial charge in [0.05, 0.1) is 12.6 Å². The number of nitrogens with one attached hydrogen (secondary N) is 1. The number of terminal acetylenes is 1. The molecular weight excluding hydrogens is 238 g/mol. The van der Waals surface area contributed by atoms with Crippen molar-refractivity contribution in [3.63, 3.8) is 0 Å². The van der Waals surface area contributed by atoms with Crippen LogP contribution in [-0.2, 0) is 0 Å². The monoisotopic (exact) mass is 247 g/mol. The fourth-order valence-corrected chi connectivity index (χ4v) is 1.26. The van der Waals surface area contributed by atoms with Crippen LogP contribution in [0.3, 0.4) is 0 Å². The van der Waals surface area contributed by atoms with Crippen LogP contribution < -0.4 is 5.32 Å². The van der Waals surface area contributed by atoms with E-state index < -0.39 is 6.03 Å². The zero-order valence-corrected chi connectivity index (χ0v) is 9.74. The van der Waals surface area contributed by atoms with Crippen molar-refractivity contribution < 1.29 is 4.79 Å². The second-order valence-corrected chi connectivity index (χ2v) is 3.59. The molecule has 0 fully saturated rings. The molecule has 0 saturated heterocycles. The van der Waals surface area contributed by atoms with Gasteiger partial charge in [0.1, 0.15) is 6.54 Å². The first-order valence-corrected chi connectivity index (χ1v) is 5.17. The molecule has 0 unspecified atom stereocenters. The van der Waals surface area contributed by atoms with E-state index in [1.165, 1.54) is 4.90 Å². The molecule has 1 aromatic carbocycles. The Bertz CT molecular complexity index is 454. The Balaban J connectivity index is 2.67. The van der Waals surface area contributed by atoms with Crippen molar-refractivity contribution in [3.8, 4) is 18.4 Å². The molecule has 17 heavy (non-hydrogen) atoms. The summed E-state index contributed by atoms with van der Waals surface area (Å²) in [6.45, 7) is 0.0383. The van der Waals surface area contributed by atoms with E-state index in [0.717, 1.165) is 0 Å². The molecule has 0 aromatic heterocycles. The van der Waals surface area contributed by atoms with Crippen LogP contribution in [0.5, 0.6) is 0 Å². The highest BCUT2D eigenvalue weighted by molar-refractivity contribution is 6.30. The van der Waals surface area contributed by atoms with Crippen molar-refractivity contribution in [3.05, 3.63) is 29.3 Å². The first-order valence-electron chi connectivity index (χ1n) is 4.79. The predicted molar refractivity (Wildman–Crippen MR) is 66.5 cm³/mol. The van der Waals surface area contributed by atoms with Gasteiger partial charge in [0.15, 0.2) is 0 Å². The van der Waals surface area contributed by atoms with Gasteiger partial charge in [-0.15, -0.1) is 6.42 Å². The number of carbonyl (C=O) groups excluding carboxylic acids is 1. The lowest BCUT2D eigenvalue weighted by Gasteiger charge is -2.17. The van der Waals surface area contributed by atoms with Gasteiger partial charge in [-0.25, -0.2) is 4.79 Å². The van der Waals surface area contributed by atoms with Crippen LogP contribution in [0.15, 0.2) is 24.3 Å². The summed E-state index contributed by atoms with van der Waals surface area (Å²) in [7, 11) is 0. The maximum Gasteiger partial charge on any atom is 0.323 e. The maximum absolute atomic E-state index is 11.7. The molecule has 1 N–H and O–H groups in total. The van der Waals surface area contributed by atoms with Gasteiger partial charge in [-0.3, -0.25) is 0 Å². The maximum atomic E-state index is 11.7. The molecule has 4 nitrogen and oxygen atoms in total. The minimum absolute atomic E-state index is 0.0520. The number of urea groups is 1. The quantitative estimate of drug-likeness (QED) is 0.658. The van der Waals surface area contributed by atoms with Crippen LogP contribution >= 0.6 is 11.6 Å². The average Bonchev–Trinajstić information content (AvgIpc) is 2.32. The molecule has 0 aliphatic heterocycles. The molecular formula is C12H10ClN3O. The number of hydrogen-bond acceptors (Lipinski definition) is 2. The molecule has 2 amide bonds. The Morgan fingerprint density at radius 2 is 2.06 bits per heavy atom. The van der Waals surface area contributed by atoms with Crippen LogP contribution in [0.25, 0.3) is 0 Å². The van der Waals surface area contributed by atoms with E-state index in [1.54, 1.807) is 24.3 Å². The van der Waals surface area contributed by atoms with Gasteiger partial charge in [-0.2, -0.15) is 5.26 Å². The van der Waals surface area contributed by atoms with E-state index >= 15 is 0 Å². The van der Waals surface area contributed by atoms with Gasteiger partial charge in [0.25, 0.3) is 0 Å². The third-order valence-corrected chi connectivity index (χ3v) is 2.18. The molecule has 0 bridgehead atoms. The van der Waals surface area contributed by atoms with E-state index in [-0.39, 0.29) is 13.1 Å². The molecule has 0 aliphatic carbocycles. The van der Waals surface area contributed by atoms with Gasteiger partial charge < -0.3 is 10.2 Å². The Morgan fingerprint density at radius 3 is 2.59 bits per heavy atom. The third kappa shape index (κ3) is 4.06. The summed E-state index contributed by atoms with van der Waals surface area (Å²) < 4.78 is 0. The van der Waals surface area contributed by atoms with E-state index in [4.69, 9.17) is 23.3 Å². The summed E-state index contributed by atoms with van der Waals surface area (Å²) in [6, 6.07) is 8.12. The number of hydrogen-bond donors (Lipinski definition) is 1. The van der Waals surface area contributed by atoms with E-state index in [9.17, 15) is 4.79 Å². The topological polar surface area (TPSA) is 56.1 Å². The Kier molecular flexibility index (Phi) is 4.87. The number of amides is 2.